The van der Waals surface area contributed by atoms with Crippen LogP contribution in [0.25, 0.3) is 10.9 Å². The molecule has 180 valence electrons. The lowest BCUT2D eigenvalue weighted by atomic mass is 9.70. The van der Waals surface area contributed by atoms with E-state index < -0.39 is 5.54 Å². The molecule has 2 fully saturated rings. The lowest BCUT2D eigenvalue weighted by Crippen LogP contribution is -2.44. The average molecular weight is 470 g/mol. The molecule has 0 radical (unpaired) electrons. The van der Waals surface area contributed by atoms with E-state index in [9.17, 15) is 10.1 Å². The van der Waals surface area contributed by atoms with Gasteiger partial charge < -0.3 is 18.9 Å². The molecule has 3 heterocycles. The Hall–Kier alpha value is -3.30. The maximum Gasteiger partial charge on any atom is 0.274 e. The van der Waals surface area contributed by atoms with Crippen LogP contribution in [-0.2, 0) is 15.7 Å². The van der Waals surface area contributed by atoms with Gasteiger partial charge in [-0.1, -0.05) is 25.1 Å². The van der Waals surface area contributed by atoms with Gasteiger partial charge in [-0.05, 0) is 63.3 Å². The van der Waals surface area contributed by atoms with Gasteiger partial charge >= 0.3 is 0 Å². The molecule has 1 spiro atoms. The minimum Gasteiger partial charge on any atom is -0.492 e. The second-order valence-electron chi connectivity index (χ2n) is 11.2. The third kappa shape index (κ3) is 3.21. The van der Waals surface area contributed by atoms with Gasteiger partial charge in [-0.15, -0.1) is 0 Å². The van der Waals surface area contributed by atoms with Gasteiger partial charge in [-0.3, -0.25) is 4.79 Å². The number of benzene rings is 2. The van der Waals surface area contributed by atoms with Crippen molar-refractivity contribution in [2.75, 3.05) is 25.2 Å². The monoisotopic (exact) mass is 469 g/mol. The zero-order valence-corrected chi connectivity index (χ0v) is 20.8. The van der Waals surface area contributed by atoms with Crippen molar-refractivity contribution < 1.29 is 14.3 Å². The van der Waals surface area contributed by atoms with Crippen LogP contribution in [0.15, 0.2) is 48.5 Å². The molecule has 1 amide bonds. The maximum absolute atomic E-state index is 13.8. The number of aromatic nitrogens is 1. The Bertz CT molecular complexity index is 1390. The molecule has 1 aliphatic carbocycles. The van der Waals surface area contributed by atoms with Gasteiger partial charge in [0.15, 0.2) is 0 Å². The van der Waals surface area contributed by atoms with Gasteiger partial charge in [0.05, 0.1) is 23.8 Å². The molecule has 2 aliphatic heterocycles. The summed E-state index contributed by atoms with van der Waals surface area (Å²) in [5, 5.41) is 11.2. The fraction of sp³-hybridized carbons (Fsp3) is 0.448. The predicted molar refractivity (Wildman–Crippen MR) is 135 cm³/mol. The summed E-state index contributed by atoms with van der Waals surface area (Å²) in [6.45, 7) is 7.71. The standard InChI is InChI=1S/C29H31N3O3/c1-19-15-29(19,17-30)32-23-14-25-22(28(18-34-25)10-11-35-27(2,3)16-28)12-20(23)13-24(32)26(33)31(4)21-8-6-5-7-9-21/h5-9,12-14,19H,10-11,15-16,18H2,1-4H3/t19-,28+,29+/m0/s1. The fourth-order valence-corrected chi connectivity index (χ4v) is 6.35. The first kappa shape index (κ1) is 22.2. The second kappa shape index (κ2) is 7.35. The fourth-order valence-electron chi connectivity index (χ4n) is 6.35. The summed E-state index contributed by atoms with van der Waals surface area (Å²) in [7, 11) is 1.79. The van der Waals surface area contributed by atoms with E-state index in [0.717, 1.165) is 41.6 Å². The van der Waals surface area contributed by atoms with E-state index in [-0.39, 0.29) is 22.8 Å². The number of carbonyl (C=O) groups excluding carboxylic acids is 1. The van der Waals surface area contributed by atoms with E-state index in [0.29, 0.717) is 18.9 Å². The van der Waals surface area contributed by atoms with Crippen molar-refractivity contribution in [2.45, 2.75) is 56.6 Å². The van der Waals surface area contributed by atoms with Crippen LogP contribution in [0.1, 0.15) is 56.1 Å². The zero-order valence-electron chi connectivity index (χ0n) is 20.8. The maximum atomic E-state index is 13.8. The number of hydrogen-bond donors (Lipinski definition) is 0. The predicted octanol–water partition coefficient (Wildman–Crippen LogP) is 5.40. The minimum absolute atomic E-state index is 0.0852. The van der Waals surface area contributed by atoms with Crippen molar-refractivity contribution in [2.24, 2.45) is 5.92 Å². The molecule has 3 aliphatic rings. The first-order valence-corrected chi connectivity index (χ1v) is 12.4. The SMILES string of the molecule is C[C@H]1C[C@]1(C#N)n1c(C(=O)N(C)c2ccccc2)cc2cc3c(cc21)OC[C@]31CCOC(C)(C)C1. The van der Waals surface area contributed by atoms with Gasteiger partial charge in [-0.25, -0.2) is 0 Å². The van der Waals surface area contributed by atoms with E-state index in [2.05, 4.69) is 39.0 Å². The number of amides is 1. The van der Waals surface area contributed by atoms with E-state index in [4.69, 9.17) is 9.47 Å². The average Bonchev–Trinajstić information content (AvgIpc) is 3.19. The van der Waals surface area contributed by atoms with Crippen LogP contribution < -0.4 is 9.64 Å². The summed E-state index contributed by atoms with van der Waals surface area (Å²) in [6, 6.07) is 18.4. The summed E-state index contributed by atoms with van der Waals surface area (Å²) >= 11 is 0. The lowest BCUT2D eigenvalue weighted by molar-refractivity contribution is -0.0849. The van der Waals surface area contributed by atoms with E-state index in [1.807, 2.05) is 41.0 Å². The zero-order chi connectivity index (χ0) is 24.6. The Labute approximate surface area is 206 Å². The third-order valence-electron chi connectivity index (χ3n) is 8.35. The number of nitriles is 1. The van der Waals surface area contributed by atoms with E-state index in [1.54, 1.807) is 11.9 Å². The van der Waals surface area contributed by atoms with Crippen molar-refractivity contribution in [3.05, 3.63) is 59.8 Å². The number of rotatable bonds is 3. The van der Waals surface area contributed by atoms with Crippen LogP contribution >= 0.6 is 0 Å². The van der Waals surface area contributed by atoms with E-state index >= 15 is 0 Å². The molecule has 3 atom stereocenters. The van der Waals surface area contributed by atoms with Gasteiger partial charge in [0.25, 0.3) is 5.91 Å². The van der Waals surface area contributed by atoms with Crippen LogP contribution in [-0.4, -0.2) is 36.3 Å². The van der Waals surface area contributed by atoms with E-state index in [1.165, 1.54) is 5.56 Å². The first-order valence-electron chi connectivity index (χ1n) is 12.4. The molecule has 3 aromatic rings. The van der Waals surface area contributed by atoms with Crippen LogP contribution in [0.4, 0.5) is 5.69 Å². The highest BCUT2D eigenvalue weighted by Gasteiger charge is 2.56. The molecule has 6 nitrogen and oxygen atoms in total. The molecule has 35 heavy (non-hydrogen) atoms. The normalized spacial score (nSPS) is 28.4. The Morgan fingerprint density at radius 3 is 2.60 bits per heavy atom. The van der Waals surface area contributed by atoms with Crippen molar-refractivity contribution in [3.8, 4) is 11.8 Å². The van der Waals surface area contributed by atoms with Crippen LogP contribution in [0.3, 0.4) is 0 Å². The topological polar surface area (TPSA) is 67.5 Å². The number of nitrogens with zero attached hydrogens (tertiary/aromatic N) is 3. The molecule has 2 aromatic carbocycles. The van der Waals surface area contributed by atoms with Crippen molar-refractivity contribution >= 4 is 22.5 Å². The summed E-state index contributed by atoms with van der Waals surface area (Å²) < 4.78 is 14.3. The van der Waals surface area contributed by atoms with Crippen molar-refractivity contribution in [3.63, 3.8) is 0 Å². The van der Waals surface area contributed by atoms with Crippen molar-refractivity contribution in [1.29, 1.82) is 5.26 Å². The number of para-hydroxylation sites is 1. The molecule has 0 unspecified atom stereocenters. The highest BCUT2D eigenvalue weighted by atomic mass is 16.5. The second-order valence-corrected chi connectivity index (χ2v) is 11.2. The summed E-state index contributed by atoms with van der Waals surface area (Å²) in [5.74, 6) is 0.920. The highest BCUT2D eigenvalue weighted by molar-refractivity contribution is 6.08. The smallest absolute Gasteiger partial charge is 0.274 e. The van der Waals surface area contributed by atoms with Crippen LogP contribution in [0, 0.1) is 17.2 Å². The molecule has 0 bridgehead atoms. The minimum atomic E-state index is -0.713. The molecule has 1 aromatic heterocycles. The van der Waals surface area contributed by atoms with Crippen molar-refractivity contribution in [1.82, 2.24) is 4.57 Å². The summed E-state index contributed by atoms with van der Waals surface area (Å²) in [4.78, 5) is 15.5. The number of fused-ring (bicyclic) bond motifs is 3. The lowest BCUT2D eigenvalue weighted by Gasteiger charge is -2.42. The Morgan fingerprint density at radius 1 is 1.20 bits per heavy atom. The summed E-state index contributed by atoms with van der Waals surface area (Å²) in [6.07, 6.45) is 2.54. The molecule has 1 saturated heterocycles. The Balaban J connectivity index is 1.52. The Morgan fingerprint density at radius 2 is 1.94 bits per heavy atom. The highest BCUT2D eigenvalue weighted by Crippen LogP contribution is 2.54. The Kier molecular flexibility index (Phi) is 4.66. The number of anilines is 1. The molecular formula is C29H31N3O3. The first-order chi connectivity index (χ1) is 16.7. The van der Waals surface area contributed by atoms with Gasteiger partial charge in [0, 0.05) is 41.8 Å². The van der Waals surface area contributed by atoms with Gasteiger partial charge in [-0.2, -0.15) is 5.26 Å². The summed E-state index contributed by atoms with van der Waals surface area (Å²) in [5.41, 5.74) is 2.44. The molecule has 6 heteroatoms. The van der Waals surface area contributed by atoms with Gasteiger partial charge in [0.1, 0.15) is 17.0 Å². The third-order valence-corrected chi connectivity index (χ3v) is 8.35. The quantitative estimate of drug-likeness (QED) is 0.515. The number of carbonyl (C=O) groups is 1. The van der Waals surface area contributed by atoms with Crippen LogP contribution in [0.2, 0.25) is 0 Å². The molecule has 1 saturated carbocycles. The largest absolute Gasteiger partial charge is 0.492 e. The number of hydrogen-bond acceptors (Lipinski definition) is 4. The molecule has 0 N–H and O–H groups in total. The molecule has 6 rings (SSSR count). The van der Waals surface area contributed by atoms with Gasteiger partial charge in [0.2, 0.25) is 0 Å². The van der Waals surface area contributed by atoms with Crippen LogP contribution in [0.5, 0.6) is 5.75 Å². The number of ether oxygens (including phenoxy) is 2. The molecular weight excluding hydrogens is 438 g/mol.